The lowest BCUT2D eigenvalue weighted by Gasteiger charge is -2.23. The Hall–Kier alpha value is -2.53. The third-order valence-electron chi connectivity index (χ3n) is 4.03. The van der Waals surface area contributed by atoms with Crippen LogP contribution in [0.25, 0.3) is 0 Å². The number of carbonyl (C=O) groups is 2. The van der Waals surface area contributed by atoms with Crippen LogP contribution < -0.4 is 10.1 Å². The van der Waals surface area contributed by atoms with Crippen LogP contribution in [-0.4, -0.2) is 30.9 Å². The molecular weight excluding hydrogens is 352 g/mol. The first kappa shape index (κ1) is 19.8. The highest BCUT2D eigenvalue weighted by Crippen LogP contribution is 2.25. The first-order valence-corrected chi connectivity index (χ1v) is 8.67. The summed E-state index contributed by atoms with van der Waals surface area (Å²) in [5.41, 5.74) is 1.72. The van der Waals surface area contributed by atoms with E-state index in [-0.39, 0.29) is 24.3 Å². The number of rotatable bonds is 7. The van der Waals surface area contributed by atoms with Crippen molar-refractivity contribution in [1.82, 2.24) is 10.2 Å². The molecule has 1 atom stereocenters. The lowest BCUT2D eigenvalue weighted by molar-refractivity contribution is -0.131. The summed E-state index contributed by atoms with van der Waals surface area (Å²) >= 11 is 6.05. The van der Waals surface area contributed by atoms with Crippen LogP contribution in [0.5, 0.6) is 5.75 Å². The summed E-state index contributed by atoms with van der Waals surface area (Å²) in [5.74, 6) is 0.413. The van der Waals surface area contributed by atoms with Crippen molar-refractivity contribution in [2.24, 2.45) is 0 Å². The van der Waals surface area contributed by atoms with Gasteiger partial charge in [0, 0.05) is 31.1 Å². The van der Waals surface area contributed by atoms with Crippen molar-refractivity contribution in [2.45, 2.75) is 25.9 Å². The third-order valence-corrected chi connectivity index (χ3v) is 4.27. The molecule has 0 heterocycles. The van der Waals surface area contributed by atoms with Gasteiger partial charge in [-0.3, -0.25) is 9.59 Å². The van der Waals surface area contributed by atoms with Gasteiger partial charge in [0.1, 0.15) is 5.75 Å². The highest BCUT2D eigenvalue weighted by Gasteiger charge is 2.20. The molecule has 0 aliphatic heterocycles. The van der Waals surface area contributed by atoms with E-state index in [1.165, 1.54) is 6.92 Å². The van der Waals surface area contributed by atoms with Gasteiger partial charge in [0.2, 0.25) is 11.8 Å². The van der Waals surface area contributed by atoms with E-state index in [2.05, 4.69) is 5.32 Å². The number of hydrogen-bond acceptors (Lipinski definition) is 3. The second-order valence-electron chi connectivity index (χ2n) is 6.07. The average molecular weight is 375 g/mol. The topological polar surface area (TPSA) is 58.6 Å². The van der Waals surface area contributed by atoms with E-state index in [0.717, 1.165) is 11.1 Å². The Morgan fingerprint density at radius 3 is 2.50 bits per heavy atom. The maximum atomic E-state index is 12.7. The minimum absolute atomic E-state index is 0.0883. The summed E-state index contributed by atoms with van der Waals surface area (Å²) in [4.78, 5) is 25.8. The van der Waals surface area contributed by atoms with Crippen LogP contribution in [0, 0.1) is 0 Å². The van der Waals surface area contributed by atoms with E-state index in [1.807, 2.05) is 30.3 Å². The van der Waals surface area contributed by atoms with Gasteiger partial charge < -0.3 is 15.0 Å². The van der Waals surface area contributed by atoms with Crippen molar-refractivity contribution in [3.8, 4) is 5.75 Å². The summed E-state index contributed by atoms with van der Waals surface area (Å²) in [6.45, 7) is 1.81. The van der Waals surface area contributed by atoms with E-state index >= 15 is 0 Å². The van der Waals surface area contributed by atoms with Gasteiger partial charge in [-0.2, -0.15) is 0 Å². The number of nitrogens with one attached hydrogen (secondary N) is 1. The highest BCUT2D eigenvalue weighted by molar-refractivity contribution is 6.30. The quantitative estimate of drug-likeness (QED) is 0.805. The normalized spacial score (nSPS) is 11.5. The van der Waals surface area contributed by atoms with Gasteiger partial charge >= 0.3 is 0 Å². The Labute approximate surface area is 158 Å². The fraction of sp³-hybridized carbons (Fsp3) is 0.300. The molecule has 6 heteroatoms. The molecule has 138 valence electrons. The Bertz CT molecular complexity index is 765. The molecule has 2 aromatic carbocycles. The van der Waals surface area contributed by atoms with Crippen LogP contribution in [0.3, 0.4) is 0 Å². The number of halogens is 1. The SMILES string of the molecule is COc1ccc(Cl)cc1CN(C)C(=O)C[C@H](NC(C)=O)c1ccccc1. The van der Waals surface area contributed by atoms with Crippen molar-refractivity contribution in [3.63, 3.8) is 0 Å². The van der Waals surface area contributed by atoms with E-state index < -0.39 is 0 Å². The van der Waals surface area contributed by atoms with Gasteiger partial charge in [-0.25, -0.2) is 0 Å². The fourth-order valence-corrected chi connectivity index (χ4v) is 2.92. The summed E-state index contributed by atoms with van der Waals surface area (Å²) < 4.78 is 5.33. The van der Waals surface area contributed by atoms with Crippen LogP contribution in [-0.2, 0) is 16.1 Å². The van der Waals surface area contributed by atoms with Crippen molar-refractivity contribution >= 4 is 23.4 Å². The minimum atomic E-state index is -0.370. The molecule has 0 aliphatic rings. The number of ether oxygens (including phenoxy) is 1. The van der Waals surface area contributed by atoms with Gasteiger partial charge in [-0.1, -0.05) is 41.9 Å². The maximum absolute atomic E-state index is 12.7. The summed E-state index contributed by atoms with van der Waals surface area (Å²) in [6.07, 6.45) is 0.170. The smallest absolute Gasteiger partial charge is 0.225 e. The average Bonchev–Trinajstić information content (AvgIpc) is 2.61. The first-order valence-electron chi connectivity index (χ1n) is 8.29. The first-order chi connectivity index (χ1) is 12.4. The standard InChI is InChI=1S/C20H23ClN2O3/c1-14(24)22-18(15-7-5-4-6-8-15)12-20(25)23(2)13-16-11-17(21)9-10-19(16)26-3/h4-11,18H,12-13H2,1-3H3,(H,22,24)/t18-/m0/s1. The van der Waals surface area contributed by atoms with Gasteiger partial charge in [0.05, 0.1) is 19.6 Å². The molecule has 0 radical (unpaired) electrons. The zero-order valence-corrected chi connectivity index (χ0v) is 15.9. The highest BCUT2D eigenvalue weighted by atomic mass is 35.5. The third kappa shape index (κ3) is 5.49. The van der Waals surface area contributed by atoms with Crippen molar-refractivity contribution in [1.29, 1.82) is 0 Å². The molecule has 5 nitrogen and oxygen atoms in total. The molecule has 0 bridgehead atoms. The van der Waals surface area contributed by atoms with E-state index in [4.69, 9.17) is 16.3 Å². The molecule has 0 aliphatic carbocycles. The number of carbonyl (C=O) groups excluding carboxylic acids is 2. The van der Waals surface area contributed by atoms with Crippen LogP contribution in [0.1, 0.15) is 30.5 Å². The number of hydrogen-bond donors (Lipinski definition) is 1. The summed E-state index contributed by atoms with van der Waals surface area (Å²) in [5, 5.41) is 3.43. The number of benzene rings is 2. The lowest BCUT2D eigenvalue weighted by Crippen LogP contribution is -2.33. The molecule has 1 N–H and O–H groups in total. The molecule has 0 spiro atoms. The van der Waals surface area contributed by atoms with E-state index in [9.17, 15) is 9.59 Å². The zero-order valence-electron chi connectivity index (χ0n) is 15.2. The Morgan fingerprint density at radius 2 is 1.88 bits per heavy atom. The van der Waals surface area contributed by atoms with Gasteiger partial charge in [-0.05, 0) is 23.8 Å². The van der Waals surface area contributed by atoms with Gasteiger partial charge in [0.25, 0.3) is 0 Å². The summed E-state index contributed by atoms with van der Waals surface area (Å²) in [7, 11) is 3.30. The monoisotopic (exact) mass is 374 g/mol. The van der Waals surface area contributed by atoms with Crippen molar-refractivity contribution in [2.75, 3.05) is 14.2 Å². The lowest BCUT2D eigenvalue weighted by atomic mass is 10.0. The molecule has 2 amide bonds. The van der Waals surface area contributed by atoms with Crippen molar-refractivity contribution < 1.29 is 14.3 Å². The largest absolute Gasteiger partial charge is 0.496 e. The fourth-order valence-electron chi connectivity index (χ4n) is 2.73. The number of methoxy groups -OCH3 is 1. The van der Waals surface area contributed by atoms with Crippen LogP contribution in [0.4, 0.5) is 0 Å². The molecule has 26 heavy (non-hydrogen) atoms. The van der Waals surface area contributed by atoms with Gasteiger partial charge in [0.15, 0.2) is 0 Å². The van der Waals surface area contributed by atoms with Crippen LogP contribution >= 0.6 is 11.6 Å². The van der Waals surface area contributed by atoms with Crippen LogP contribution in [0.2, 0.25) is 5.02 Å². The Balaban J connectivity index is 2.11. The molecule has 0 fully saturated rings. The second-order valence-corrected chi connectivity index (χ2v) is 6.51. The molecule has 0 saturated heterocycles. The number of amides is 2. The number of nitrogens with zero attached hydrogens (tertiary/aromatic N) is 1. The Kier molecular flexibility index (Phi) is 7.04. The molecule has 0 saturated carbocycles. The Morgan fingerprint density at radius 1 is 1.19 bits per heavy atom. The van der Waals surface area contributed by atoms with Crippen LogP contribution in [0.15, 0.2) is 48.5 Å². The molecule has 0 unspecified atom stereocenters. The van der Waals surface area contributed by atoms with E-state index in [0.29, 0.717) is 17.3 Å². The van der Waals surface area contributed by atoms with Gasteiger partial charge in [-0.15, -0.1) is 0 Å². The predicted octanol–water partition coefficient (Wildman–Crippen LogP) is 3.57. The molecule has 2 aromatic rings. The second kappa shape index (κ2) is 9.25. The van der Waals surface area contributed by atoms with Crippen molar-refractivity contribution in [3.05, 3.63) is 64.7 Å². The molecular formula is C20H23ClN2O3. The maximum Gasteiger partial charge on any atom is 0.225 e. The molecule has 2 rings (SSSR count). The molecule has 0 aromatic heterocycles. The predicted molar refractivity (Wildman–Crippen MR) is 102 cm³/mol. The summed E-state index contributed by atoms with van der Waals surface area (Å²) in [6, 6.07) is 14.4. The minimum Gasteiger partial charge on any atom is -0.496 e. The van der Waals surface area contributed by atoms with E-state index in [1.54, 1.807) is 37.3 Å². The zero-order chi connectivity index (χ0) is 19.1.